The highest BCUT2D eigenvalue weighted by atomic mass is 32.2. The SMILES string of the molecule is CSc1ccc(C(C)NS(=O)(=O)c2ccccc2)cc1. The predicted molar refractivity (Wildman–Crippen MR) is 83.4 cm³/mol. The Labute approximate surface area is 124 Å². The highest BCUT2D eigenvalue weighted by Gasteiger charge is 2.17. The summed E-state index contributed by atoms with van der Waals surface area (Å²) in [5, 5.41) is 0. The minimum Gasteiger partial charge on any atom is -0.207 e. The molecule has 0 fully saturated rings. The van der Waals surface area contributed by atoms with Crippen LogP contribution in [-0.2, 0) is 10.0 Å². The van der Waals surface area contributed by atoms with Crippen LogP contribution in [0, 0.1) is 0 Å². The third-order valence-corrected chi connectivity index (χ3v) is 5.30. The van der Waals surface area contributed by atoms with Crippen LogP contribution in [0.3, 0.4) is 0 Å². The maximum absolute atomic E-state index is 12.2. The number of hydrogen-bond acceptors (Lipinski definition) is 3. The third-order valence-electron chi connectivity index (χ3n) is 3.00. The summed E-state index contributed by atoms with van der Waals surface area (Å²) in [5.41, 5.74) is 0.947. The van der Waals surface area contributed by atoms with Crippen molar-refractivity contribution in [2.75, 3.05) is 6.26 Å². The maximum atomic E-state index is 12.2. The van der Waals surface area contributed by atoms with Crippen molar-refractivity contribution in [2.24, 2.45) is 0 Å². The highest BCUT2D eigenvalue weighted by molar-refractivity contribution is 7.98. The van der Waals surface area contributed by atoms with Gasteiger partial charge in [-0.05, 0) is 43.0 Å². The molecule has 3 nitrogen and oxygen atoms in total. The Bertz CT molecular complexity index is 652. The van der Waals surface area contributed by atoms with Gasteiger partial charge in [0.25, 0.3) is 0 Å². The van der Waals surface area contributed by atoms with Crippen LogP contribution in [0.2, 0.25) is 0 Å². The van der Waals surface area contributed by atoms with Gasteiger partial charge in [-0.25, -0.2) is 13.1 Å². The quantitative estimate of drug-likeness (QED) is 0.861. The maximum Gasteiger partial charge on any atom is 0.241 e. The molecule has 1 N–H and O–H groups in total. The van der Waals surface area contributed by atoms with E-state index in [1.54, 1.807) is 42.1 Å². The van der Waals surface area contributed by atoms with Crippen LogP contribution in [0.15, 0.2) is 64.4 Å². The average Bonchev–Trinajstić information content (AvgIpc) is 2.48. The van der Waals surface area contributed by atoms with Crippen molar-refractivity contribution < 1.29 is 8.42 Å². The smallest absolute Gasteiger partial charge is 0.207 e. The van der Waals surface area contributed by atoms with Gasteiger partial charge in [0.05, 0.1) is 4.90 Å². The Balaban J connectivity index is 2.16. The highest BCUT2D eigenvalue weighted by Crippen LogP contribution is 2.20. The van der Waals surface area contributed by atoms with Gasteiger partial charge in [-0.3, -0.25) is 0 Å². The number of hydrogen-bond donors (Lipinski definition) is 1. The monoisotopic (exact) mass is 307 g/mol. The normalized spacial score (nSPS) is 13.1. The van der Waals surface area contributed by atoms with Gasteiger partial charge in [-0.2, -0.15) is 0 Å². The number of nitrogens with one attached hydrogen (secondary N) is 1. The van der Waals surface area contributed by atoms with Gasteiger partial charge >= 0.3 is 0 Å². The van der Waals surface area contributed by atoms with Crippen molar-refractivity contribution >= 4 is 21.8 Å². The van der Waals surface area contributed by atoms with E-state index >= 15 is 0 Å². The van der Waals surface area contributed by atoms with Crippen LogP contribution in [-0.4, -0.2) is 14.7 Å². The first-order valence-corrected chi connectivity index (χ1v) is 8.95. The number of sulfonamides is 1. The van der Waals surface area contributed by atoms with E-state index in [0.29, 0.717) is 0 Å². The minimum absolute atomic E-state index is 0.267. The number of benzene rings is 2. The summed E-state index contributed by atoms with van der Waals surface area (Å²) < 4.78 is 27.1. The first kappa shape index (κ1) is 15.1. The molecular weight excluding hydrogens is 290 g/mol. The van der Waals surface area contributed by atoms with Gasteiger partial charge in [0.1, 0.15) is 0 Å². The first-order valence-electron chi connectivity index (χ1n) is 6.24. The van der Waals surface area contributed by atoms with Crippen LogP contribution in [0.25, 0.3) is 0 Å². The van der Waals surface area contributed by atoms with E-state index in [9.17, 15) is 8.42 Å². The molecule has 0 radical (unpaired) electrons. The van der Waals surface area contributed by atoms with Crippen molar-refractivity contribution in [2.45, 2.75) is 22.8 Å². The molecule has 2 aromatic rings. The minimum atomic E-state index is -3.48. The molecule has 0 bridgehead atoms. The molecule has 0 heterocycles. The van der Waals surface area contributed by atoms with Crippen LogP contribution < -0.4 is 4.72 Å². The van der Waals surface area contributed by atoms with Crippen LogP contribution >= 0.6 is 11.8 Å². The molecule has 1 atom stereocenters. The van der Waals surface area contributed by atoms with Crippen molar-refractivity contribution in [1.82, 2.24) is 4.72 Å². The largest absolute Gasteiger partial charge is 0.241 e. The summed E-state index contributed by atoms with van der Waals surface area (Å²) in [6, 6.07) is 16.0. The van der Waals surface area contributed by atoms with E-state index in [1.807, 2.05) is 37.4 Å². The molecule has 5 heteroatoms. The Morgan fingerprint density at radius 2 is 1.60 bits per heavy atom. The molecule has 0 aliphatic heterocycles. The van der Waals surface area contributed by atoms with E-state index in [1.165, 1.54) is 0 Å². The van der Waals surface area contributed by atoms with Crippen LogP contribution in [0.5, 0.6) is 0 Å². The predicted octanol–water partition coefficient (Wildman–Crippen LogP) is 3.45. The number of thioether (sulfide) groups is 1. The number of rotatable bonds is 5. The second kappa shape index (κ2) is 6.43. The summed E-state index contributed by atoms with van der Waals surface area (Å²) >= 11 is 1.66. The van der Waals surface area contributed by atoms with Gasteiger partial charge in [-0.1, -0.05) is 30.3 Å². The Morgan fingerprint density at radius 1 is 1.00 bits per heavy atom. The third kappa shape index (κ3) is 3.62. The van der Waals surface area contributed by atoms with E-state index < -0.39 is 10.0 Å². The first-order chi connectivity index (χ1) is 9.53. The van der Waals surface area contributed by atoms with E-state index in [0.717, 1.165) is 10.5 Å². The fraction of sp³-hybridized carbons (Fsp3) is 0.200. The Morgan fingerprint density at radius 3 is 2.15 bits per heavy atom. The second-order valence-corrected chi connectivity index (χ2v) is 7.02. The molecule has 106 valence electrons. The lowest BCUT2D eigenvalue weighted by Crippen LogP contribution is -2.26. The van der Waals surface area contributed by atoms with Gasteiger partial charge in [0.15, 0.2) is 0 Å². The van der Waals surface area contributed by atoms with Crippen molar-refractivity contribution in [1.29, 1.82) is 0 Å². The fourth-order valence-corrected chi connectivity index (χ4v) is 3.52. The second-order valence-electron chi connectivity index (χ2n) is 4.43. The summed E-state index contributed by atoms with van der Waals surface area (Å²) in [4.78, 5) is 1.44. The molecule has 0 aromatic heterocycles. The molecular formula is C15H17NO2S2. The van der Waals surface area contributed by atoms with Crippen LogP contribution in [0.1, 0.15) is 18.5 Å². The van der Waals surface area contributed by atoms with Crippen molar-refractivity contribution in [3.05, 3.63) is 60.2 Å². The zero-order chi connectivity index (χ0) is 14.6. The van der Waals surface area contributed by atoms with E-state index in [4.69, 9.17) is 0 Å². The Kier molecular flexibility index (Phi) is 4.86. The molecule has 20 heavy (non-hydrogen) atoms. The zero-order valence-corrected chi connectivity index (χ0v) is 13.0. The van der Waals surface area contributed by atoms with Gasteiger partial charge in [-0.15, -0.1) is 11.8 Å². The summed E-state index contributed by atoms with van der Waals surface area (Å²) in [6.07, 6.45) is 2.01. The summed E-state index contributed by atoms with van der Waals surface area (Å²) in [5.74, 6) is 0. The molecule has 2 rings (SSSR count). The molecule has 1 unspecified atom stereocenters. The molecule has 0 aliphatic rings. The summed E-state index contributed by atoms with van der Waals surface area (Å²) in [6.45, 7) is 1.84. The molecule has 2 aromatic carbocycles. The zero-order valence-electron chi connectivity index (χ0n) is 11.4. The molecule has 0 saturated heterocycles. The van der Waals surface area contributed by atoms with Gasteiger partial charge < -0.3 is 0 Å². The molecule has 0 amide bonds. The van der Waals surface area contributed by atoms with Crippen molar-refractivity contribution in [3.63, 3.8) is 0 Å². The summed E-state index contributed by atoms with van der Waals surface area (Å²) in [7, 11) is -3.48. The van der Waals surface area contributed by atoms with Gasteiger partial charge in [0.2, 0.25) is 10.0 Å². The van der Waals surface area contributed by atoms with Gasteiger partial charge in [0, 0.05) is 10.9 Å². The van der Waals surface area contributed by atoms with E-state index in [2.05, 4.69) is 4.72 Å². The molecule has 0 spiro atoms. The molecule has 0 saturated carbocycles. The molecule has 0 aliphatic carbocycles. The standard InChI is InChI=1S/C15H17NO2S2/c1-12(13-8-10-14(19-2)11-9-13)16-20(17,18)15-6-4-3-5-7-15/h3-12,16H,1-2H3. The lowest BCUT2D eigenvalue weighted by atomic mass is 10.1. The Hall–Kier alpha value is -1.30. The van der Waals surface area contributed by atoms with Crippen LogP contribution in [0.4, 0.5) is 0 Å². The lowest BCUT2D eigenvalue weighted by Gasteiger charge is -2.15. The average molecular weight is 307 g/mol. The fourth-order valence-electron chi connectivity index (χ4n) is 1.86. The topological polar surface area (TPSA) is 46.2 Å². The lowest BCUT2D eigenvalue weighted by molar-refractivity contribution is 0.567. The van der Waals surface area contributed by atoms with E-state index in [-0.39, 0.29) is 10.9 Å². The van der Waals surface area contributed by atoms with Crippen molar-refractivity contribution in [3.8, 4) is 0 Å².